The van der Waals surface area contributed by atoms with E-state index in [1.807, 2.05) is 0 Å². The summed E-state index contributed by atoms with van der Waals surface area (Å²) in [6, 6.07) is 0. The molecule has 0 saturated carbocycles. The van der Waals surface area contributed by atoms with Gasteiger partial charge in [-0.2, -0.15) is 0 Å². The van der Waals surface area contributed by atoms with Gasteiger partial charge in [-0.05, 0) is 27.7 Å². The van der Waals surface area contributed by atoms with Gasteiger partial charge >= 0.3 is 5.97 Å². The van der Waals surface area contributed by atoms with Crippen molar-refractivity contribution in [2.45, 2.75) is 27.7 Å². The zero-order chi connectivity index (χ0) is 10.4. The van der Waals surface area contributed by atoms with Crippen LogP contribution in [0, 0.1) is 10.8 Å². The minimum absolute atomic E-state index is 0.0302. The highest BCUT2D eigenvalue weighted by molar-refractivity contribution is 6.06. The van der Waals surface area contributed by atoms with Gasteiger partial charge in [0.05, 0.1) is 5.41 Å². The number of carboxylic acids is 1. The third-order valence-electron chi connectivity index (χ3n) is 2.56. The Morgan fingerprint density at radius 1 is 1.31 bits per heavy atom. The van der Waals surface area contributed by atoms with Gasteiger partial charge < -0.3 is 5.11 Å². The fourth-order valence-corrected chi connectivity index (χ4v) is 1.86. The van der Waals surface area contributed by atoms with Crippen molar-refractivity contribution in [2.24, 2.45) is 10.8 Å². The fraction of sp³-hybridized carbons (Fsp3) is 0.600. The third-order valence-corrected chi connectivity index (χ3v) is 2.56. The van der Waals surface area contributed by atoms with E-state index in [9.17, 15) is 9.59 Å². The van der Waals surface area contributed by atoms with Crippen LogP contribution in [0.25, 0.3) is 0 Å². The Morgan fingerprint density at radius 3 is 1.92 bits per heavy atom. The maximum atomic E-state index is 11.7. The van der Waals surface area contributed by atoms with E-state index in [2.05, 4.69) is 0 Å². The number of ketones is 1. The highest BCUT2D eigenvalue weighted by Gasteiger charge is 2.49. The van der Waals surface area contributed by atoms with E-state index in [0.717, 1.165) is 0 Å². The molecular formula is C10H14O3. The van der Waals surface area contributed by atoms with Crippen molar-refractivity contribution in [1.82, 2.24) is 0 Å². The number of rotatable bonds is 1. The predicted octanol–water partition coefficient (Wildman–Crippen LogP) is 1.63. The van der Waals surface area contributed by atoms with Crippen LogP contribution < -0.4 is 0 Å². The molecule has 0 fully saturated rings. The van der Waals surface area contributed by atoms with Gasteiger partial charge in [-0.25, -0.2) is 4.79 Å². The van der Waals surface area contributed by atoms with Crippen LogP contribution in [0.1, 0.15) is 27.7 Å². The molecule has 0 radical (unpaired) electrons. The van der Waals surface area contributed by atoms with Crippen LogP contribution in [0.4, 0.5) is 0 Å². The first kappa shape index (κ1) is 9.96. The van der Waals surface area contributed by atoms with Gasteiger partial charge in [-0.3, -0.25) is 4.79 Å². The lowest BCUT2D eigenvalue weighted by molar-refractivity contribution is -0.137. The van der Waals surface area contributed by atoms with E-state index in [-0.39, 0.29) is 11.4 Å². The second-order valence-corrected chi connectivity index (χ2v) is 4.54. The van der Waals surface area contributed by atoms with Crippen molar-refractivity contribution in [3.8, 4) is 0 Å². The Labute approximate surface area is 77.4 Å². The normalized spacial score (nSPS) is 24.3. The average molecular weight is 182 g/mol. The Balaban J connectivity index is 3.25. The molecular weight excluding hydrogens is 168 g/mol. The standard InChI is InChI=1S/C10H14O3/c1-9(2)5-6(7(11)12)10(3,4)8(9)13/h5H,1-4H3,(H,11,12). The molecule has 0 aromatic carbocycles. The molecule has 3 nitrogen and oxygen atoms in total. The minimum atomic E-state index is -0.996. The van der Waals surface area contributed by atoms with Gasteiger partial charge in [0, 0.05) is 11.0 Å². The van der Waals surface area contributed by atoms with Crippen molar-refractivity contribution in [1.29, 1.82) is 0 Å². The molecule has 13 heavy (non-hydrogen) atoms. The molecule has 1 rings (SSSR count). The van der Waals surface area contributed by atoms with Gasteiger partial charge in [-0.15, -0.1) is 0 Å². The molecule has 0 aliphatic heterocycles. The lowest BCUT2D eigenvalue weighted by Gasteiger charge is -2.22. The van der Waals surface area contributed by atoms with Crippen LogP contribution >= 0.6 is 0 Å². The number of hydrogen-bond acceptors (Lipinski definition) is 2. The van der Waals surface area contributed by atoms with Gasteiger partial charge in [-0.1, -0.05) is 6.08 Å². The van der Waals surface area contributed by atoms with Crippen LogP contribution in [0.3, 0.4) is 0 Å². The summed E-state index contributed by atoms with van der Waals surface area (Å²) in [6.45, 7) is 6.80. The Bertz CT molecular complexity index is 308. The van der Waals surface area contributed by atoms with Gasteiger partial charge in [0.2, 0.25) is 0 Å². The van der Waals surface area contributed by atoms with E-state index >= 15 is 0 Å². The summed E-state index contributed by atoms with van der Waals surface area (Å²) < 4.78 is 0. The van der Waals surface area contributed by atoms with Gasteiger partial charge in [0.15, 0.2) is 5.78 Å². The maximum Gasteiger partial charge on any atom is 0.332 e. The SMILES string of the molecule is CC1(C)C=C(C(=O)O)C(C)(C)C1=O. The first-order valence-electron chi connectivity index (χ1n) is 4.21. The number of aliphatic carboxylic acids is 1. The fourth-order valence-electron chi connectivity index (χ4n) is 1.86. The number of carboxylic acid groups (broad SMARTS) is 1. The summed E-state index contributed by atoms with van der Waals surface area (Å²) in [7, 11) is 0. The van der Waals surface area contributed by atoms with Gasteiger partial charge in [0.25, 0.3) is 0 Å². The molecule has 0 unspecified atom stereocenters. The summed E-state index contributed by atoms with van der Waals surface area (Å²) in [5.41, 5.74) is -1.28. The molecule has 0 aromatic rings. The van der Waals surface area contributed by atoms with E-state index in [1.165, 1.54) is 0 Å². The van der Waals surface area contributed by atoms with Crippen LogP contribution in [-0.4, -0.2) is 16.9 Å². The van der Waals surface area contributed by atoms with Crippen LogP contribution in [0.2, 0.25) is 0 Å². The molecule has 1 aliphatic rings. The Morgan fingerprint density at radius 2 is 1.77 bits per heavy atom. The van der Waals surface area contributed by atoms with Crippen molar-refractivity contribution in [3.05, 3.63) is 11.6 Å². The molecule has 0 aromatic heterocycles. The zero-order valence-corrected chi connectivity index (χ0v) is 8.34. The summed E-state index contributed by atoms with van der Waals surface area (Å²) >= 11 is 0. The summed E-state index contributed by atoms with van der Waals surface area (Å²) in [5, 5.41) is 8.88. The third kappa shape index (κ3) is 1.28. The lowest BCUT2D eigenvalue weighted by Crippen LogP contribution is -2.31. The number of carbonyl (C=O) groups is 2. The smallest absolute Gasteiger partial charge is 0.332 e. The highest BCUT2D eigenvalue weighted by atomic mass is 16.4. The summed E-state index contributed by atoms with van der Waals surface area (Å²) in [5.74, 6) is -1.03. The molecule has 1 N–H and O–H groups in total. The first-order chi connectivity index (χ1) is 5.69. The number of Topliss-reactive ketones (excluding diaryl/α,β-unsaturated/α-hetero) is 1. The molecule has 3 heteroatoms. The predicted molar refractivity (Wildman–Crippen MR) is 48.3 cm³/mol. The minimum Gasteiger partial charge on any atom is -0.478 e. The Hall–Kier alpha value is -1.12. The second kappa shape index (κ2) is 2.44. The van der Waals surface area contributed by atoms with Crippen LogP contribution in [-0.2, 0) is 9.59 Å². The number of allylic oxidation sites excluding steroid dienone is 1. The van der Waals surface area contributed by atoms with Crippen LogP contribution in [0.5, 0.6) is 0 Å². The van der Waals surface area contributed by atoms with Crippen molar-refractivity contribution in [2.75, 3.05) is 0 Å². The molecule has 0 heterocycles. The second-order valence-electron chi connectivity index (χ2n) is 4.54. The van der Waals surface area contributed by atoms with E-state index in [0.29, 0.717) is 0 Å². The van der Waals surface area contributed by atoms with Crippen molar-refractivity contribution in [3.63, 3.8) is 0 Å². The average Bonchev–Trinajstić information content (AvgIpc) is 2.11. The highest BCUT2D eigenvalue weighted by Crippen LogP contribution is 2.44. The first-order valence-corrected chi connectivity index (χ1v) is 4.21. The number of carbonyl (C=O) groups excluding carboxylic acids is 1. The molecule has 1 aliphatic carbocycles. The topological polar surface area (TPSA) is 54.4 Å². The Kier molecular flexibility index (Phi) is 1.87. The number of hydrogen-bond donors (Lipinski definition) is 1. The summed E-state index contributed by atoms with van der Waals surface area (Å²) in [6.07, 6.45) is 1.55. The largest absolute Gasteiger partial charge is 0.478 e. The quantitative estimate of drug-likeness (QED) is 0.670. The van der Waals surface area contributed by atoms with Crippen LogP contribution in [0.15, 0.2) is 11.6 Å². The van der Waals surface area contributed by atoms with Crippen molar-refractivity contribution < 1.29 is 14.7 Å². The monoisotopic (exact) mass is 182 g/mol. The molecule has 0 atom stereocenters. The maximum absolute atomic E-state index is 11.7. The van der Waals surface area contributed by atoms with E-state index in [1.54, 1.807) is 33.8 Å². The lowest BCUT2D eigenvalue weighted by atomic mass is 9.79. The zero-order valence-electron chi connectivity index (χ0n) is 8.34. The molecule has 0 spiro atoms. The molecule has 0 saturated heterocycles. The van der Waals surface area contributed by atoms with Crippen molar-refractivity contribution >= 4 is 11.8 Å². The molecule has 0 bridgehead atoms. The van der Waals surface area contributed by atoms with E-state index < -0.39 is 16.8 Å². The summed E-state index contributed by atoms with van der Waals surface area (Å²) in [4.78, 5) is 22.6. The van der Waals surface area contributed by atoms with Gasteiger partial charge in [0.1, 0.15) is 0 Å². The molecule has 72 valence electrons. The molecule has 0 amide bonds. The van der Waals surface area contributed by atoms with E-state index in [4.69, 9.17) is 5.11 Å².